The van der Waals surface area contributed by atoms with Crippen LogP contribution in [0.15, 0.2) is 42.5 Å². The molecule has 0 unspecified atom stereocenters. The zero-order valence-electron chi connectivity index (χ0n) is 10.4. The Kier molecular flexibility index (Phi) is 2.40. The molecule has 2 aromatic carbocycles. The Morgan fingerprint density at radius 3 is 2.47 bits per heavy atom. The van der Waals surface area contributed by atoms with Gasteiger partial charge in [-0.2, -0.15) is 0 Å². The summed E-state index contributed by atoms with van der Waals surface area (Å²) in [7, 11) is 0. The van der Waals surface area contributed by atoms with Crippen molar-refractivity contribution < 1.29 is 0 Å². The molecule has 0 N–H and O–H groups in total. The first kappa shape index (κ1) is 10.4. The lowest BCUT2D eigenvalue weighted by molar-refractivity contribution is 0.991. The average molecular weight is 223 g/mol. The molecule has 0 spiro atoms. The first-order valence-electron chi connectivity index (χ1n) is 6.19. The van der Waals surface area contributed by atoms with Gasteiger partial charge >= 0.3 is 0 Å². The summed E-state index contributed by atoms with van der Waals surface area (Å²) in [6, 6.07) is 15.3. The van der Waals surface area contributed by atoms with Gasteiger partial charge in [0.25, 0.3) is 0 Å². The smallest absolute Gasteiger partial charge is 0.0473 e. The van der Waals surface area contributed by atoms with E-state index in [2.05, 4.69) is 61.2 Å². The second kappa shape index (κ2) is 3.92. The van der Waals surface area contributed by atoms with Crippen molar-refractivity contribution in [2.45, 2.75) is 20.3 Å². The van der Waals surface area contributed by atoms with E-state index in [9.17, 15) is 0 Å². The number of hydrogen-bond donors (Lipinski definition) is 0. The first-order valence-corrected chi connectivity index (χ1v) is 6.19. The molecule has 0 amide bonds. The third-order valence-corrected chi connectivity index (χ3v) is 3.60. The third-order valence-electron chi connectivity index (χ3n) is 3.60. The Bertz CT molecular complexity index is 557. The minimum absolute atomic E-state index is 1.10. The molecule has 17 heavy (non-hydrogen) atoms. The van der Waals surface area contributed by atoms with Gasteiger partial charge in [0.1, 0.15) is 0 Å². The molecule has 0 fully saturated rings. The maximum atomic E-state index is 2.46. The molecule has 0 radical (unpaired) electrons. The molecular formula is C16H17N. The van der Waals surface area contributed by atoms with Crippen LogP contribution in [0.4, 0.5) is 11.4 Å². The molecule has 1 heteroatoms. The minimum atomic E-state index is 1.10. The predicted molar refractivity (Wildman–Crippen MR) is 73.1 cm³/mol. The highest BCUT2D eigenvalue weighted by Crippen LogP contribution is 2.38. The number of aryl methyl sites for hydroxylation is 2. The highest BCUT2D eigenvalue weighted by Gasteiger charge is 2.22. The lowest BCUT2D eigenvalue weighted by Gasteiger charge is -2.23. The standard InChI is InChI=1S/C16H17N/c1-12-6-3-4-9-15(12)17-11-10-14-8-5-7-13(2)16(14)17/h3-9H,10-11H2,1-2H3. The summed E-state index contributed by atoms with van der Waals surface area (Å²) >= 11 is 0. The van der Waals surface area contributed by atoms with E-state index in [4.69, 9.17) is 0 Å². The van der Waals surface area contributed by atoms with Gasteiger partial charge in [0, 0.05) is 17.9 Å². The zero-order chi connectivity index (χ0) is 11.8. The largest absolute Gasteiger partial charge is 0.340 e. The minimum Gasteiger partial charge on any atom is -0.340 e. The van der Waals surface area contributed by atoms with Gasteiger partial charge in [0.2, 0.25) is 0 Å². The molecule has 1 nitrogen and oxygen atoms in total. The van der Waals surface area contributed by atoms with E-state index in [0.29, 0.717) is 0 Å². The van der Waals surface area contributed by atoms with E-state index >= 15 is 0 Å². The molecule has 3 rings (SSSR count). The van der Waals surface area contributed by atoms with Crippen molar-refractivity contribution in [2.24, 2.45) is 0 Å². The van der Waals surface area contributed by atoms with Crippen LogP contribution < -0.4 is 4.90 Å². The molecule has 0 aromatic heterocycles. The molecule has 86 valence electrons. The Morgan fingerprint density at radius 2 is 1.65 bits per heavy atom. The predicted octanol–water partition coefficient (Wildman–Crippen LogP) is 4.00. The van der Waals surface area contributed by atoms with Crippen LogP contribution in [0.3, 0.4) is 0 Å². The van der Waals surface area contributed by atoms with Crippen molar-refractivity contribution in [3.63, 3.8) is 0 Å². The van der Waals surface area contributed by atoms with Crippen LogP contribution in [0.5, 0.6) is 0 Å². The van der Waals surface area contributed by atoms with Crippen molar-refractivity contribution in [3.05, 3.63) is 59.2 Å². The summed E-state index contributed by atoms with van der Waals surface area (Å²) in [6.07, 6.45) is 1.16. The van der Waals surface area contributed by atoms with E-state index < -0.39 is 0 Å². The maximum Gasteiger partial charge on any atom is 0.0473 e. The molecule has 0 atom stereocenters. The van der Waals surface area contributed by atoms with Gasteiger partial charge in [-0.1, -0.05) is 36.4 Å². The van der Waals surface area contributed by atoms with Crippen LogP contribution in [0.25, 0.3) is 0 Å². The fourth-order valence-corrected chi connectivity index (χ4v) is 2.76. The van der Waals surface area contributed by atoms with Gasteiger partial charge in [-0.3, -0.25) is 0 Å². The number of hydrogen-bond acceptors (Lipinski definition) is 1. The summed E-state index contributed by atoms with van der Waals surface area (Å²) in [4.78, 5) is 2.46. The van der Waals surface area contributed by atoms with Crippen LogP contribution in [0.1, 0.15) is 16.7 Å². The van der Waals surface area contributed by atoms with Crippen molar-refractivity contribution >= 4 is 11.4 Å². The van der Waals surface area contributed by atoms with Crippen LogP contribution in [-0.2, 0) is 6.42 Å². The van der Waals surface area contributed by atoms with Crippen molar-refractivity contribution in [3.8, 4) is 0 Å². The number of anilines is 2. The lowest BCUT2D eigenvalue weighted by atomic mass is 10.1. The Balaban J connectivity index is 2.13. The lowest BCUT2D eigenvalue weighted by Crippen LogP contribution is -2.15. The molecule has 0 bridgehead atoms. The second-order valence-electron chi connectivity index (χ2n) is 4.77. The van der Waals surface area contributed by atoms with Crippen LogP contribution >= 0.6 is 0 Å². The summed E-state index contributed by atoms with van der Waals surface area (Å²) in [6.45, 7) is 5.49. The van der Waals surface area contributed by atoms with E-state index in [0.717, 1.165) is 13.0 Å². The van der Waals surface area contributed by atoms with Crippen LogP contribution in [0.2, 0.25) is 0 Å². The highest BCUT2D eigenvalue weighted by molar-refractivity contribution is 5.74. The molecule has 1 heterocycles. The quantitative estimate of drug-likeness (QED) is 0.706. The monoisotopic (exact) mass is 223 g/mol. The van der Waals surface area contributed by atoms with E-state index in [1.165, 1.54) is 28.1 Å². The topological polar surface area (TPSA) is 3.24 Å². The van der Waals surface area contributed by atoms with Crippen molar-refractivity contribution in [1.29, 1.82) is 0 Å². The highest BCUT2D eigenvalue weighted by atomic mass is 15.2. The van der Waals surface area contributed by atoms with Gasteiger partial charge in [0.15, 0.2) is 0 Å². The SMILES string of the molecule is Cc1ccccc1N1CCc2cccc(C)c21. The van der Waals surface area contributed by atoms with Crippen molar-refractivity contribution in [1.82, 2.24) is 0 Å². The molecule has 2 aromatic rings. The fourth-order valence-electron chi connectivity index (χ4n) is 2.76. The molecule has 0 saturated carbocycles. The zero-order valence-corrected chi connectivity index (χ0v) is 10.4. The van der Waals surface area contributed by atoms with Gasteiger partial charge in [-0.05, 0) is 43.0 Å². The van der Waals surface area contributed by atoms with Crippen LogP contribution in [0, 0.1) is 13.8 Å². The molecular weight excluding hydrogens is 206 g/mol. The summed E-state index contributed by atoms with van der Waals surface area (Å²) in [5.74, 6) is 0. The summed E-state index contributed by atoms with van der Waals surface area (Å²) in [5.41, 5.74) is 6.97. The Morgan fingerprint density at radius 1 is 0.882 bits per heavy atom. The number of nitrogens with zero attached hydrogens (tertiary/aromatic N) is 1. The Hall–Kier alpha value is -1.76. The third kappa shape index (κ3) is 1.62. The van der Waals surface area contributed by atoms with E-state index in [1.54, 1.807) is 0 Å². The normalized spacial score (nSPS) is 13.9. The molecule has 0 saturated heterocycles. The van der Waals surface area contributed by atoms with Gasteiger partial charge in [0.05, 0.1) is 0 Å². The van der Waals surface area contributed by atoms with Crippen LogP contribution in [-0.4, -0.2) is 6.54 Å². The Labute approximate surface area is 103 Å². The summed E-state index contributed by atoms with van der Waals surface area (Å²) < 4.78 is 0. The molecule has 1 aliphatic rings. The first-order chi connectivity index (χ1) is 8.27. The molecule has 0 aliphatic carbocycles. The fraction of sp³-hybridized carbons (Fsp3) is 0.250. The van der Waals surface area contributed by atoms with Gasteiger partial charge < -0.3 is 4.90 Å². The maximum absolute atomic E-state index is 2.46. The van der Waals surface area contributed by atoms with E-state index in [-0.39, 0.29) is 0 Å². The number of fused-ring (bicyclic) bond motifs is 1. The van der Waals surface area contributed by atoms with Crippen molar-refractivity contribution in [2.75, 3.05) is 11.4 Å². The number of rotatable bonds is 1. The van der Waals surface area contributed by atoms with E-state index in [1.807, 2.05) is 0 Å². The second-order valence-corrected chi connectivity index (χ2v) is 4.77. The average Bonchev–Trinajstić information content (AvgIpc) is 2.75. The molecule has 1 aliphatic heterocycles. The van der Waals surface area contributed by atoms with Gasteiger partial charge in [-0.15, -0.1) is 0 Å². The van der Waals surface area contributed by atoms with Gasteiger partial charge in [-0.25, -0.2) is 0 Å². The number of benzene rings is 2. The summed E-state index contributed by atoms with van der Waals surface area (Å²) in [5, 5.41) is 0. The number of para-hydroxylation sites is 2.